The lowest BCUT2D eigenvalue weighted by Gasteiger charge is -2.16. The highest BCUT2D eigenvalue weighted by Crippen LogP contribution is 2.28. The van der Waals surface area contributed by atoms with Gasteiger partial charge in [-0.25, -0.2) is 0 Å². The van der Waals surface area contributed by atoms with Crippen LogP contribution >= 0.6 is 22.9 Å². The quantitative estimate of drug-likeness (QED) is 0.439. The molecule has 0 spiro atoms. The SMILES string of the molecule is CNC(CNc1nnc(-c2ccc3[nH]ncc3c2)s1)Cc1ccc(Cl)cc1. The predicted molar refractivity (Wildman–Crippen MR) is 111 cm³/mol. The standard InChI is InChI=1S/C19H19ClN6S/c1-21-16(8-12-2-5-15(20)6-3-12)11-22-19-26-25-18(27-19)13-4-7-17-14(9-13)10-23-24-17/h2-7,9-10,16,21H,8,11H2,1H3,(H,22,26)(H,23,24). The molecule has 2 aromatic heterocycles. The Bertz CT molecular complexity index is 1030. The van der Waals surface area contributed by atoms with E-state index in [1.54, 1.807) is 11.3 Å². The Morgan fingerprint density at radius 3 is 2.81 bits per heavy atom. The topological polar surface area (TPSA) is 78.5 Å². The van der Waals surface area contributed by atoms with E-state index in [0.717, 1.165) is 44.6 Å². The van der Waals surface area contributed by atoms with Gasteiger partial charge in [-0.3, -0.25) is 5.10 Å². The van der Waals surface area contributed by atoms with Crippen molar-refractivity contribution in [2.45, 2.75) is 12.5 Å². The Balaban J connectivity index is 1.40. The van der Waals surface area contributed by atoms with Gasteiger partial charge < -0.3 is 10.6 Å². The van der Waals surface area contributed by atoms with Crippen LogP contribution in [-0.2, 0) is 6.42 Å². The van der Waals surface area contributed by atoms with Crippen molar-refractivity contribution in [1.29, 1.82) is 0 Å². The van der Waals surface area contributed by atoms with E-state index < -0.39 is 0 Å². The highest BCUT2D eigenvalue weighted by molar-refractivity contribution is 7.18. The number of benzene rings is 2. The fourth-order valence-electron chi connectivity index (χ4n) is 2.88. The lowest BCUT2D eigenvalue weighted by Crippen LogP contribution is -2.34. The van der Waals surface area contributed by atoms with Crippen LogP contribution in [0.3, 0.4) is 0 Å². The molecule has 0 fully saturated rings. The lowest BCUT2D eigenvalue weighted by molar-refractivity contribution is 0.583. The summed E-state index contributed by atoms with van der Waals surface area (Å²) in [5.74, 6) is 0. The van der Waals surface area contributed by atoms with Crippen LogP contribution in [0.1, 0.15) is 5.56 Å². The monoisotopic (exact) mass is 398 g/mol. The maximum absolute atomic E-state index is 5.95. The number of likely N-dealkylation sites (N-methyl/N-ethyl adjacent to an activating group) is 1. The van der Waals surface area contributed by atoms with Crippen LogP contribution in [0.15, 0.2) is 48.7 Å². The summed E-state index contributed by atoms with van der Waals surface area (Å²) in [5.41, 5.74) is 3.30. The Hall–Kier alpha value is -2.48. The van der Waals surface area contributed by atoms with Crippen LogP contribution in [0.4, 0.5) is 5.13 Å². The van der Waals surface area contributed by atoms with Gasteiger partial charge in [0.1, 0.15) is 5.01 Å². The van der Waals surface area contributed by atoms with Crippen LogP contribution in [0.5, 0.6) is 0 Å². The van der Waals surface area contributed by atoms with Crippen molar-refractivity contribution in [2.24, 2.45) is 0 Å². The van der Waals surface area contributed by atoms with E-state index in [1.807, 2.05) is 37.5 Å². The number of hydrogen-bond acceptors (Lipinski definition) is 6. The van der Waals surface area contributed by atoms with Crippen LogP contribution in [0, 0.1) is 0 Å². The van der Waals surface area contributed by atoms with Gasteiger partial charge in [-0.1, -0.05) is 35.1 Å². The van der Waals surface area contributed by atoms with Crippen molar-refractivity contribution in [3.63, 3.8) is 0 Å². The average molecular weight is 399 g/mol. The number of aromatic amines is 1. The van der Waals surface area contributed by atoms with Crippen LogP contribution < -0.4 is 10.6 Å². The molecule has 2 heterocycles. The summed E-state index contributed by atoms with van der Waals surface area (Å²) in [5, 5.41) is 25.9. The van der Waals surface area contributed by atoms with Gasteiger partial charge in [0.2, 0.25) is 5.13 Å². The van der Waals surface area contributed by atoms with Crippen LogP contribution in [-0.4, -0.2) is 40.0 Å². The number of nitrogens with zero attached hydrogens (tertiary/aromatic N) is 3. The first kappa shape index (κ1) is 17.9. The molecule has 0 saturated carbocycles. The van der Waals surface area contributed by atoms with Gasteiger partial charge in [-0.05, 0) is 49.4 Å². The molecule has 0 aliphatic heterocycles. The highest BCUT2D eigenvalue weighted by atomic mass is 35.5. The largest absolute Gasteiger partial charge is 0.358 e. The van der Waals surface area contributed by atoms with E-state index in [-0.39, 0.29) is 6.04 Å². The van der Waals surface area contributed by atoms with E-state index in [0.29, 0.717) is 0 Å². The van der Waals surface area contributed by atoms with E-state index in [4.69, 9.17) is 11.6 Å². The molecule has 1 unspecified atom stereocenters. The summed E-state index contributed by atoms with van der Waals surface area (Å²) >= 11 is 7.50. The number of fused-ring (bicyclic) bond motifs is 1. The van der Waals surface area contributed by atoms with Crippen molar-refractivity contribution >= 4 is 39.0 Å². The number of hydrogen-bond donors (Lipinski definition) is 3. The van der Waals surface area contributed by atoms with Gasteiger partial charge >= 0.3 is 0 Å². The summed E-state index contributed by atoms with van der Waals surface area (Å²) < 4.78 is 0. The first-order valence-electron chi connectivity index (χ1n) is 8.64. The molecule has 0 saturated heterocycles. The third-order valence-corrected chi connectivity index (χ3v) is 5.60. The number of aromatic nitrogens is 4. The van der Waals surface area contributed by atoms with Crippen molar-refractivity contribution in [3.8, 4) is 10.6 Å². The smallest absolute Gasteiger partial charge is 0.206 e. The molecule has 1 atom stereocenters. The van der Waals surface area contributed by atoms with Crippen molar-refractivity contribution in [3.05, 3.63) is 59.2 Å². The fraction of sp³-hybridized carbons (Fsp3) is 0.211. The second-order valence-electron chi connectivity index (χ2n) is 6.28. The summed E-state index contributed by atoms with van der Waals surface area (Å²) in [7, 11) is 1.97. The van der Waals surface area contributed by atoms with Gasteiger partial charge in [0.25, 0.3) is 0 Å². The van der Waals surface area contributed by atoms with Crippen molar-refractivity contribution in [1.82, 2.24) is 25.7 Å². The van der Waals surface area contributed by atoms with Gasteiger partial charge in [0.05, 0.1) is 11.7 Å². The molecule has 0 aliphatic rings. The lowest BCUT2D eigenvalue weighted by atomic mass is 10.1. The molecule has 4 aromatic rings. The molecule has 0 amide bonds. The minimum atomic E-state index is 0.279. The summed E-state index contributed by atoms with van der Waals surface area (Å²) in [6, 6.07) is 14.3. The molecular weight excluding hydrogens is 380 g/mol. The third kappa shape index (κ3) is 4.27. The number of nitrogens with one attached hydrogen (secondary N) is 3. The molecular formula is C19H19ClN6S. The molecule has 0 bridgehead atoms. The maximum atomic E-state index is 5.95. The molecule has 8 heteroatoms. The fourth-order valence-corrected chi connectivity index (χ4v) is 3.75. The number of anilines is 1. The third-order valence-electron chi connectivity index (χ3n) is 4.42. The zero-order valence-corrected chi connectivity index (χ0v) is 16.3. The van der Waals surface area contributed by atoms with Crippen molar-refractivity contribution < 1.29 is 0 Å². The first-order chi connectivity index (χ1) is 13.2. The van der Waals surface area contributed by atoms with Gasteiger partial charge in [0, 0.05) is 28.6 Å². The summed E-state index contributed by atoms with van der Waals surface area (Å²) in [6.07, 6.45) is 2.72. The van der Waals surface area contributed by atoms with Gasteiger partial charge in [-0.15, -0.1) is 10.2 Å². The molecule has 27 heavy (non-hydrogen) atoms. The Labute approximate surface area is 166 Å². The minimum absolute atomic E-state index is 0.279. The maximum Gasteiger partial charge on any atom is 0.206 e. The molecule has 3 N–H and O–H groups in total. The molecule has 4 rings (SSSR count). The molecule has 0 radical (unpaired) electrons. The first-order valence-corrected chi connectivity index (χ1v) is 9.83. The number of H-pyrrole nitrogens is 1. The van der Waals surface area contributed by atoms with Crippen LogP contribution in [0.25, 0.3) is 21.5 Å². The van der Waals surface area contributed by atoms with E-state index in [2.05, 4.69) is 49.2 Å². The Kier molecular flexibility index (Phi) is 5.33. The molecule has 6 nitrogen and oxygen atoms in total. The predicted octanol–water partition coefficient (Wildman–Crippen LogP) is 3.98. The Morgan fingerprint density at radius 1 is 1.15 bits per heavy atom. The molecule has 0 aliphatic carbocycles. The average Bonchev–Trinajstić information content (AvgIpc) is 3.35. The van der Waals surface area contributed by atoms with Gasteiger partial charge in [0.15, 0.2) is 0 Å². The second-order valence-corrected chi connectivity index (χ2v) is 7.70. The van der Waals surface area contributed by atoms with Gasteiger partial charge in [-0.2, -0.15) is 5.10 Å². The zero-order valence-electron chi connectivity index (χ0n) is 14.7. The van der Waals surface area contributed by atoms with E-state index in [9.17, 15) is 0 Å². The highest BCUT2D eigenvalue weighted by Gasteiger charge is 2.11. The minimum Gasteiger partial charge on any atom is -0.358 e. The van der Waals surface area contributed by atoms with Crippen LogP contribution in [0.2, 0.25) is 5.02 Å². The second kappa shape index (κ2) is 8.04. The van der Waals surface area contributed by atoms with Crippen molar-refractivity contribution in [2.75, 3.05) is 18.9 Å². The normalized spacial score (nSPS) is 12.4. The molecule has 138 valence electrons. The van der Waals surface area contributed by atoms with E-state index in [1.165, 1.54) is 5.56 Å². The Morgan fingerprint density at radius 2 is 2.00 bits per heavy atom. The number of rotatable bonds is 7. The molecule has 2 aromatic carbocycles. The van der Waals surface area contributed by atoms with E-state index >= 15 is 0 Å². The summed E-state index contributed by atoms with van der Waals surface area (Å²) in [6.45, 7) is 0.758. The number of halogens is 1. The summed E-state index contributed by atoms with van der Waals surface area (Å²) in [4.78, 5) is 0. The zero-order chi connectivity index (χ0) is 18.6.